The van der Waals surface area contributed by atoms with Crippen LogP contribution in [-0.2, 0) is 6.42 Å². The second-order valence-electron chi connectivity index (χ2n) is 2.66. The molecular formula is C10H14BrNO2. The van der Waals surface area contributed by atoms with Crippen molar-refractivity contribution >= 4 is 15.9 Å². The molecule has 1 aromatic carbocycles. The average molecular weight is 264 g/mol. The summed E-state index contributed by atoms with van der Waals surface area (Å²) in [4.78, 5) is 0. The molecule has 0 fully saturated rings. The molecule has 0 aliphatic rings. The van der Waals surface area contributed by atoms with Crippen molar-refractivity contribution < 1.29 is 15.0 Å². The van der Waals surface area contributed by atoms with Crippen molar-refractivity contribution in [3.63, 3.8) is 0 Å². The Hall–Kier alpha value is -0.740. The molecule has 0 atom stereocenters. The zero-order chi connectivity index (χ0) is 13.7. The molecule has 0 amide bonds. The van der Waals surface area contributed by atoms with Crippen LogP contribution in [0.2, 0.25) is 0 Å². The molecule has 0 aromatic heterocycles. The summed E-state index contributed by atoms with van der Waals surface area (Å²) < 4.78 is 38.8. The van der Waals surface area contributed by atoms with Gasteiger partial charge < -0.3 is 15.2 Å². The first kappa shape index (κ1) is 6.69. The van der Waals surface area contributed by atoms with Gasteiger partial charge in [-0.1, -0.05) is 0 Å². The van der Waals surface area contributed by atoms with E-state index in [4.69, 9.17) is 20.7 Å². The maximum atomic E-state index is 7.09. The number of hydrogen-bond donors (Lipinski definition) is 1. The topological polar surface area (TPSA) is 44.5 Å². The monoisotopic (exact) mass is 263 g/mol. The zero-order valence-electron chi connectivity index (χ0n) is 11.5. The Morgan fingerprint density at radius 1 is 1.36 bits per heavy atom. The number of rotatable bonds is 4. The Morgan fingerprint density at radius 3 is 2.71 bits per heavy atom. The summed E-state index contributed by atoms with van der Waals surface area (Å²) >= 11 is 3.23. The van der Waals surface area contributed by atoms with Gasteiger partial charge >= 0.3 is 0 Å². The van der Waals surface area contributed by atoms with Gasteiger partial charge in [-0.25, -0.2) is 0 Å². The van der Waals surface area contributed by atoms with Gasteiger partial charge in [0.2, 0.25) is 0 Å². The summed E-state index contributed by atoms with van der Waals surface area (Å²) in [5.74, 6) is 0.716. The summed E-state index contributed by atoms with van der Waals surface area (Å²) in [6.07, 6.45) is 0.492. The quantitative estimate of drug-likeness (QED) is 0.904. The molecule has 0 spiro atoms. The minimum Gasteiger partial charge on any atom is -0.496 e. The van der Waals surface area contributed by atoms with E-state index in [0.29, 0.717) is 34.5 Å². The van der Waals surface area contributed by atoms with Crippen LogP contribution in [0, 0.1) is 0 Å². The molecule has 0 radical (unpaired) electrons. The van der Waals surface area contributed by atoms with Gasteiger partial charge in [0, 0.05) is 0 Å². The van der Waals surface area contributed by atoms with Crippen molar-refractivity contribution in [3.05, 3.63) is 22.2 Å². The fourth-order valence-electron chi connectivity index (χ4n) is 1.13. The van der Waals surface area contributed by atoms with Crippen molar-refractivity contribution in [1.29, 1.82) is 0 Å². The van der Waals surface area contributed by atoms with Crippen LogP contribution in [0.15, 0.2) is 16.6 Å². The van der Waals surface area contributed by atoms with E-state index in [1.54, 1.807) is 12.1 Å². The van der Waals surface area contributed by atoms with Gasteiger partial charge in [0.15, 0.2) is 0 Å². The third-order valence-corrected chi connectivity index (χ3v) is 2.40. The zero-order valence-corrected chi connectivity index (χ0v) is 9.08. The first-order valence-corrected chi connectivity index (χ1v) is 4.78. The van der Waals surface area contributed by atoms with Crippen LogP contribution in [0.4, 0.5) is 0 Å². The molecule has 0 saturated heterocycles. The van der Waals surface area contributed by atoms with Crippen LogP contribution in [0.1, 0.15) is 11.0 Å². The molecule has 0 aliphatic heterocycles. The van der Waals surface area contributed by atoms with Crippen LogP contribution < -0.4 is 15.2 Å². The smallest absolute Gasteiger partial charge is 0.133 e. The lowest BCUT2D eigenvalue weighted by Gasteiger charge is -2.11. The van der Waals surface area contributed by atoms with Gasteiger partial charge in [0.05, 0.1) is 24.1 Å². The van der Waals surface area contributed by atoms with E-state index < -0.39 is 14.1 Å². The first-order valence-electron chi connectivity index (χ1n) is 6.29. The van der Waals surface area contributed by atoms with Crippen LogP contribution in [-0.4, -0.2) is 20.7 Å². The van der Waals surface area contributed by atoms with Crippen LogP contribution in [0.25, 0.3) is 0 Å². The second-order valence-corrected chi connectivity index (χ2v) is 3.52. The van der Waals surface area contributed by atoms with E-state index in [2.05, 4.69) is 15.9 Å². The summed E-state index contributed by atoms with van der Waals surface area (Å²) in [5.41, 5.74) is 6.16. The van der Waals surface area contributed by atoms with Crippen molar-refractivity contribution in [2.24, 2.45) is 5.73 Å². The number of halogens is 1. The fourth-order valence-corrected chi connectivity index (χ4v) is 1.54. The Balaban J connectivity index is 3.07. The minimum absolute atomic E-state index is 0.340. The van der Waals surface area contributed by atoms with Crippen molar-refractivity contribution in [1.82, 2.24) is 0 Å². The van der Waals surface area contributed by atoms with E-state index in [1.807, 2.05) is 0 Å². The van der Waals surface area contributed by atoms with E-state index in [1.165, 1.54) is 0 Å². The van der Waals surface area contributed by atoms with Gasteiger partial charge in [-0.2, -0.15) is 0 Å². The van der Waals surface area contributed by atoms with Crippen LogP contribution in [0.5, 0.6) is 11.5 Å². The summed E-state index contributed by atoms with van der Waals surface area (Å²) in [6.45, 7) is 0.378. The summed E-state index contributed by atoms with van der Waals surface area (Å²) in [5, 5.41) is 0. The Labute approximate surface area is 97.9 Å². The Kier molecular flexibility index (Phi) is 2.49. The maximum Gasteiger partial charge on any atom is 0.133 e. The standard InChI is InChI=1S/C10H14BrNO2/c1-13-9-6-8(11)10(14-2)5-7(9)3-4-12/h5-6H,3-4,12H2,1-2H3/i1D2,2D2. The number of benzene rings is 1. The van der Waals surface area contributed by atoms with E-state index in [0.717, 1.165) is 0 Å². The highest BCUT2D eigenvalue weighted by Gasteiger charge is 2.08. The van der Waals surface area contributed by atoms with Crippen molar-refractivity contribution in [2.45, 2.75) is 6.42 Å². The number of hydrogen-bond acceptors (Lipinski definition) is 3. The molecule has 14 heavy (non-hydrogen) atoms. The summed E-state index contributed by atoms with van der Waals surface area (Å²) in [7, 11) is -2.86. The third-order valence-electron chi connectivity index (χ3n) is 1.78. The average Bonchev–Trinajstić information content (AvgIpc) is 2.23. The van der Waals surface area contributed by atoms with Crippen molar-refractivity contribution in [3.8, 4) is 11.5 Å². The van der Waals surface area contributed by atoms with E-state index in [-0.39, 0.29) is 0 Å². The molecule has 78 valence electrons. The maximum absolute atomic E-state index is 7.09. The molecule has 0 saturated carbocycles. The molecule has 1 aromatic rings. The predicted molar refractivity (Wildman–Crippen MR) is 60.0 cm³/mol. The Bertz CT molecular complexity index is 404. The highest BCUT2D eigenvalue weighted by molar-refractivity contribution is 9.10. The van der Waals surface area contributed by atoms with Crippen LogP contribution >= 0.6 is 15.9 Å². The molecular weight excluding hydrogens is 246 g/mol. The van der Waals surface area contributed by atoms with Gasteiger partial charge in [0.1, 0.15) is 11.5 Å². The predicted octanol–water partition coefficient (Wildman–Crippen LogP) is 1.97. The van der Waals surface area contributed by atoms with E-state index >= 15 is 0 Å². The third kappa shape index (κ3) is 2.39. The molecule has 0 heterocycles. The van der Waals surface area contributed by atoms with E-state index in [9.17, 15) is 0 Å². The lowest BCUT2D eigenvalue weighted by atomic mass is 10.1. The molecule has 0 bridgehead atoms. The molecule has 1 rings (SSSR count). The number of nitrogens with two attached hydrogens (primary N) is 1. The molecule has 2 N–H and O–H groups in total. The lowest BCUT2D eigenvalue weighted by molar-refractivity contribution is 0.397. The first-order chi connectivity index (χ1) is 8.43. The second kappa shape index (κ2) is 5.22. The van der Waals surface area contributed by atoms with Gasteiger partial charge in [0.25, 0.3) is 0 Å². The molecule has 0 unspecified atom stereocenters. The van der Waals surface area contributed by atoms with Gasteiger partial charge in [-0.3, -0.25) is 0 Å². The SMILES string of the molecule is [2H]C([2H])Oc1cc(CCN)c(OC([2H])[2H])cc1Br. The highest BCUT2D eigenvalue weighted by Crippen LogP contribution is 2.32. The molecule has 4 heteroatoms. The number of ether oxygens (including phenoxy) is 2. The van der Waals surface area contributed by atoms with Crippen LogP contribution in [0.3, 0.4) is 0 Å². The normalized spacial score (nSPS) is 14.6. The summed E-state index contributed by atoms with van der Waals surface area (Å²) in [6, 6.07) is 3.16. The minimum atomic E-state index is -1.43. The Morgan fingerprint density at radius 2 is 2.07 bits per heavy atom. The fraction of sp³-hybridized carbons (Fsp3) is 0.400. The molecule has 0 aliphatic carbocycles. The van der Waals surface area contributed by atoms with Gasteiger partial charge in [-0.15, -0.1) is 0 Å². The van der Waals surface area contributed by atoms with Crippen molar-refractivity contribution in [2.75, 3.05) is 20.7 Å². The largest absolute Gasteiger partial charge is 0.496 e. The van der Waals surface area contributed by atoms with Gasteiger partial charge in [-0.05, 0) is 46.6 Å². The highest BCUT2D eigenvalue weighted by atomic mass is 79.9. The lowest BCUT2D eigenvalue weighted by Crippen LogP contribution is -2.04. The number of methoxy groups -OCH3 is 2. The molecule has 3 nitrogen and oxygen atoms in total.